The molecule has 0 atom stereocenters. The van der Waals surface area contributed by atoms with Crippen LogP contribution in [0.4, 0.5) is 10.1 Å². The van der Waals surface area contributed by atoms with Gasteiger partial charge < -0.3 is 10.7 Å². The lowest BCUT2D eigenvalue weighted by Gasteiger charge is -1.90. The Morgan fingerprint density at radius 3 is 3.07 bits per heavy atom. The van der Waals surface area contributed by atoms with Crippen LogP contribution in [0.5, 0.6) is 0 Å². The highest BCUT2D eigenvalue weighted by molar-refractivity contribution is 5.78. The van der Waals surface area contributed by atoms with Gasteiger partial charge in [0.2, 0.25) is 0 Å². The van der Waals surface area contributed by atoms with Gasteiger partial charge in [0, 0.05) is 12.1 Å². The van der Waals surface area contributed by atoms with Crippen LogP contribution in [-0.4, -0.2) is 16.6 Å². The summed E-state index contributed by atoms with van der Waals surface area (Å²) in [6, 6.07) is 5.50. The first-order valence-electron chi connectivity index (χ1n) is 4.59. The largest absolute Gasteiger partial charge is 0.399 e. The van der Waals surface area contributed by atoms with Gasteiger partial charge in [-0.25, -0.2) is 4.98 Å². The monoisotopic (exact) mass is 193 g/mol. The SMILES string of the molecule is Nc1ccc2nc(CCCF)[nH]c2c1. The van der Waals surface area contributed by atoms with Gasteiger partial charge in [-0.05, 0) is 24.6 Å². The molecule has 0 saturated carbocycles. The first kappa shape index (κ1) is 8.99. The van der Waals surface area contributed by atoms with E-state index in [0.717, 1.165) is 16.9 Å². The molecule has 74 valence electrons. The first-order valence-corrected chi connectivity index (χ1v) is 4.59. The maximum atomic E-state index is 11.9. The van der Waals surface area contributed by atoms with Crippen molar-refractivity contribution in [2.24, 2.45) is 0 Å². The minimum atomic E-state index is -0.306. The molecule has 0 aliphatic rings. The van der Waals surface area contributed by atoms with Gasteiger partial charge in [-0.15, -0.1) is 0 Å². The lowest BCUT2D eigenvalue weighted by Crippen LogP contribution is -1.88. The molecule has 2 aromatic rings. The molecule has 3 nitrogen and oxygen atoms in total. The Kier molecular flexibility index (Phi) is 2.35. The predicted molar refractivity (Wildman–Crippen MR) is 54.8 cm³/mol. The van der Waals surface area contributed by atoms with Crippen molar-refractivity contribution in [3.63, 3.8) is 0 Å². The van der Waals surface area contributed by atoms with Crippen molar-refractivity contribution in [1.29, 1.82) is 0 Å². The molecule has 2 rings (SSSR count). The molecule has 1 heterocycles. The van der Waals surface area contributed by atoms with E-state index in [9.17, 15) is 4.39 Å². The van der Waals surface area contributed by atoms with E-state index in [1.54, 1.807) is 0 Å². The summed E-state index contributed by atoms with van der Waals surface area (Å²) in [4.78, 5) is 7.43. The van der Waals surface area contributed by atoms with Crippen molar-refractivity contribution in [1.82, 2.24) is 9.97 Å². The number of nitrogen functional groups attached to an aromatic ring is 1. The van der Waals surface area contributed by atoms with Gasteiger partial charge in [-0.2, -0.15) is 0 Å². The minimum Gasteiger partial charge on any atom is -0.399 e. The zero-order valence-electron chi connectivity index (χ0n) is 7.76. The Labute approximate surface area is 81.1 Å². The highest BCUT2D eigenvalue weighted by Crippen LogP contribution is 2.15. The van der Waals surface area contributed by atoms with Gasteiger partial charge in [-0.3, -0.25) is 4.39 Å². The van der Waals surface area contributed by atoms with Crippen molar-refractivity contribution in [2.45, 2.75) is 12.8 Å². The number of hydrogen-bond donors (Lipinski definition) is 2. The molecule has 0 bridgehead atoms. The number of aryl methyl sites for hydroxylation is 1. The van der Waals surface area contributed by atoms with Crippen molar-refractivity contribution < 1.29 is 4.39 Å². The Hall–Kier alpha value is -1.58. The van der Waals surface area contributed by atoms with Crippen molar-refractivity contribution in [3.8, 4) is 0 Å². The highest BCUT2D eigenvalue weighted by atomic mass is 19.1. The normalized spacial score (nSPS) is 10.9. The van der Waals surface area contributed by atoms with Crippen LogP contribution >= 0.6 is 0 Å². The number of benzene rings is 1. The Balaban J connectivity index is 2.32. The Bertz CT molecular complexity index is 436. The molecule has 0 fully saturated rings. The molecule has 14 heavy (non-hydrogen) atoms. The number of nitrogens with two attached hydrogens (primary N) is 1. The molecule has 0 amide bonds. The minimum absolute atomic E-state index is 0.306. The zero-order chi connectivity index (χ0) is 9.97. The van der Waals surface area contributed by atoms with Gasteiger partial charge in [0.25, 0.3) is 0 Å². The fourth-order valence-corrected chi connectivity index (χ4v) is 1.43. The molecule has 1 aromatic carbocycles. The number of aromatic amines is 1. The summed E-state index contributed by atoms with van der Waals surface area (Å²) in [5, 5.41) is 0. The molecule has 0 aliphatic carbocycles. The number of nitrogens with zero attached hydrogens (tertiary/aromatic N) is 1. The van der Waals surface area contributed by atoms with Crippen LogP contribution in [0.25, 0.3) is 11.0 Å². The number of halogens is 1. The lowest BCUT2D eigenvalue weighted by atomic mass is 10.3. The summed E-state index contributed by atoms with van der Waals surface area (Å²) in [6.45, 7) is -0.306. The molecule has 0 spiro atoms. The Morgan fingerprint density at radius 2 is 2.29 bits per heavy atom. The maximum Gasteiger partial charge on any atom is 0.107 e. The summed E-state index contributed by atoms with van der Waals surface area (Å²) in [6.07, 6.45) is 1.15. The second kappa shape index (κ2) is 3.65. The zero-order valence-corrected chi connectivity index (χ0v) is 7.76. The van der Waals surface area contributed by atoms with Crippen LogP contribution in [-0.2, 0) is 6.42 Å². The third-order valence-electron chi connectivity index (χ3n) is 2.10. The Morgan fingerprint density at radius 1 is 1.43 bits per heavy atom. The molecule has 0 saturated heterocycles. The summed E-state index contributed by atoms with van der Waals surface area (Å²) in [7, 11) is 0. The second-order valence-corrected chi connectivity index (χ2v) is 3.25. The van der Waals surface area contributed by atoms with Gasteiger partial charge in [0.15, 0.2) is 0 Å². The number of alkyl halides is 1. The molecule has 0 aliphatic heterocycles. The van der Waals surface area contributed by atoms with Crippen LogP contribution < -0.4 is 5.73 Å². The molecule has 4 heteroatoms. The summed E-state index contributed by atoms with van der Waals surface area (Å²) in [5.74, 6) is 0.822. The summed E-state index contributed by atoms with van der Waals surface area (Å²) in [5.41, 5.74) is 8.13. The number of aromatic nitrogens is 2. The molecule has 0 unspecified atom stereocenters. The fraction of sp³-hybridized carbons (Fsp3) is 0.300. The number of hydrogen-bond acceptors (Lipinski definition) is 2. The van der Waals surface area contributed by atoms with Crippen LogP contribution in [0.1, 0.15) is 12.2 Å². The topological polar surface area (TPSA) is 54.7 Å². The van der Waals surface area contributed by atoms with Gasteiger partial charge in [0.05, 0.1) is 17.7 Å². The molecule has 3 N–H and O–H groups in total. The molecule has 1 aromatic heterocycles. The number of H-pyrrole nitrogens is 1. The predicted octanol–water partition coefficient (Wildman–Crippen LogP) is 2.05. The van der Waals surface area contributed by atoms with Gasteiger partial charge in [-0.1, -0.05) is 0 Å². The first-order chi connectivity index (χ1) is 6.79. The van der Waals surface area contributed by atoms with Gasteiger partial charge in [0.1, 0.15) is 5.82 Å². The number of rotatable bonds is 3. The molecule has 0 radical (unpaired) electrons. The van der Waals surface area contributed by atoms with E-state index in [-0.39, 0.29) is 6.67 Å². The summed E-state index contributed by atoms with van der Waals surface area (Å²) < 4.78 is 11.9. The van der Waals surface area contributed by atoms with Crippen LogP contribution in [0.2, 0.25) is 0 Å². The van der Waals surface area contributed by atoms with E-state index >= 15 is 0 Å². The highest BCUT2D eigenvalue weighted by Gasteiger charge is 2.02. The van der Waals surface area contributed by atoms with E-state index in [2.05, 4.69) is 9.97 Å². The smallest absolute Gasteiger partial charge is 0.107 e. The van der Waals surface area contributed by atoms with Crippen LogP contribution in [0, 0.1) is 0 Å². The van der Waals surface area contributed by atoms with E-state index < -0.39 is 0 Å². The van der Waals surface area contributed by atoms with Crippen LogP contribution in [0.3, 0.4) is 0 Å². The van der Waals surface area contributed by atoms with Crippen molar-refractivity contribution in [2.75, 3.05) is 12.4 Å². The number of nitrogens with one attached hydrogen (secondary N) is 1. The average Bonchev–Trinajstić information content (AvgIpc) is 2.56. The summed E-state index contributed by atoms with van der Waals surface area (Å²) >= 11 is 0. The van der Waals surface area contributed by atoms with Crippen molar-refractivity contribution in [3.05, 3.63) is 24.0 Å². The second-order valence-electron chi connectivity index (χ2n) is 3.25. The third-order valence-corrected chi connectivity index (χ3v) is 2.10. The lowest BCUT2D eigenvalue weighted by molar-refractivity contribution is 0.470. The third kappa shape index (κ3) is 1.69. The van der Waals surface area contributed by atoms with E-state index in [1.165, 1.54) is 0 Å². The van der Waals surface area contributed by atoms with E-state index in [4.69, 9.17) is 5.73 Å². The number of anilines is 1. The van der Waals surface area contributed by atoms with Gasteiger partial charge >= 0.3 is 0 Å². The standard InChI is InChI=1S/C10H12FN3/c11-5-1-2-10-13-8-4-3-7(12)6-9(8)14-10/h3-4,6H,1-2,5,12H2,(H,13,14). The number of imidazole rings is 1. The quantitative estimate of drug-likeness (QED) is 0.733. The van der Waals surface area contributed by atoms with E-state index in [0.29, 0.717) is 18.5 Å². The maximum absolute atomic E-state index is 11.9. The number of fused-ring (bicyclic) bond motifs is 1. The van der Waals surface area contributed by atoms with Crippen molar-refractivity contribution >= 4 is 16.7 Å². The van der Waals surface area contributed by atoms with E-state index in [1.807, 2.05) is 18.2 Å². The molecular weight excluding hydrogens is 181 g/mol. The average molecular weight is 193 g/mol. The molecular formula is C10H12FN3. The fourth-order valence-electron chi connectivity index (χ4n) is 1.43. The van der Waals surface area contributed by atoms with Crippen LogP contribution in [0.15, 0.2) is 18.2 Å².